The number of carbonyl (C=O) groups is 3. The number of H-pyrrole nitrogens is 1. The third kappa shape index (κ3) is 5.19. The van der Waals surface area contributed by atoms with Gasteiger partial charge in [-0.1, -0.05) is 38.5 Å². The van der Waals surface area contributed by atoms with Gasteiger partial charge in [0.1, 0.15) is 11.6 Å². The molecule has 1 aliphatic rings. The highest BCUT2D eigenvalue weighted by molar-refractivity contribution is 5.98. The molecule has 5 atom stereocenters. The van der Waals surface area contributed by atoms with Gasteiger partial charge in [0.25, 0.3) is 0 Å². The topological polar surface area (TPSA) is 116 Å². The molecule has 2 heterocycles. The van der Waals surface area contributed by atoms with Crippen LogP contribution in [0.25, 0.3) is 10.9 Å². The molecule has 0 aliphatic carbocycles. The summed E-state index contributed by atoms with van der Waals surface area (Å²) in [4.78, 5) is 42.2. The highest BCUT2D eigenvalue weighted by atomic mass is 16.6. The van der Waals surface area contributed by atoms with Crippen LogP contribution in [0.2, 0.25) is 0 Å². The summed E-state index contributed by atoms with van der Waals surface area (Å²) in [7, 11) is 1.69. The first-order chi connectivity index (χ1) is 15.2. The van der Waals surface area contributed by atoms with Gasteiger partial charge in [0, 0.05) is 23.5 Å². The quantitative estimate of drug-likeness (QED) is 0.395. The molecule has 1 saturated heterocycles. The van der Waals surface area contributed by atoms with Gasteiger partial charge in [0.05, 0.1) is 18.7 Å². The summed E-state index contributed by atoms with van der Waals surface area (Å²) in [6.07, 6.45) is 2.88. The number of hydrogen-bond donors (Lipinski definition) is 4. The minimum Gasteiger partial charge on any atom is -0.361 e. The summed E-state index contributed by atoms with van der Waals surface area (Å²) >= 11 is 0. The third-order valence-corrected chi connectivity index (χ3v) is 6.45. The molecule has 0 bridgehead atoms. The minimum absolute atomic E-state index is 0.0619. The molecule has 8 heteroatoms. The average molecular weight is 443 g/mol. The van der Waals surface area contributed by atoms with Crippen LogP contribution in [0.4, 0.5) is 0 Å². The van der Waals surface area contributed by atoms with E-state index in [0.29, 0.717) is 13.0 Å². The third-order valence-electron chi connectivity index (χ3n) is 6.45. The van der Waals surface area contributed by atoms with Crippen molar-refractivity contribution in [2.75, 3.05) is 13.7 Å². The van der Waals surface area contributed by atoms with Gasteiger partial charge in [-0.2, -0.15) is 0 Å². The number of nitrogens with one attached hydrogen (secondary N) is 4. The summed E-state index contributed by atoms with van der Waals surface area (Å²) in [5, 5.41) is 9.67. The van der Waals surface area contributed by atoms with E-state index in [-0.39, 0.29) is 23.5 Å². The van der Waals surface area contributed by atoms with Crippen LogP contribution in [0.5, 0.6) is 0 Å². The number of hydrogen-bond acceptors (Lipinski definition) is 5. The van der Waals surface area contributed by atoms with E-state index in [1.807, 2.05) is 44.3 Å². The van der Waals surface area contributed by atoms with Gasteiger partial charge < -0.3 is 25.7 Å². The van der Waals surface area contributed by atoms with Crippen molar-refractivity contribution in [3.63, 3.8) is 0 Å². The minimum atomic E-state index is -0.836. The lowest BCUT2D eigenvalue weighted by molar-refractivity contribution is -0.134. The van der Waals surface area contributed by atoms with E-state index in [4.69, 9.17) is 4.74 Å². The Balaban J connectivity index is 1.84. The van der Waals surface area contributed by atoms with Gasteiger partial charge in [0.15, 0.2) is 5.78 Å². The van der Waals surface area contributed by atoms with Crippen molar-refractivity contribution in [2.24, 2.45) is 5.92 Å². The first-order valence-electron chi connectivity index (χ1n) is 11.2. The molecule has 0 saturated carbocycles. The monoisotopic (exact) mass is 442 g/mol. The predicted molar refractivity (Wildman–Crippen MR) is 123 cm³/mol. The maximum atomic E-state index is 13.4. The molecule has 1 aromatic carbocycles. The molecule has 4 N–H and O–H groups in total. The number of ether oxygens (including phenoxy) is 1. The SMILES string of the molecule is CCC(C)[C@H](NC(=O)[C@H](Cc1c[nH]c2ccccc12)NC(=O)C(C)NC)C(=O)C1(C)CO1. The van der Waals surface area contributed by atoms with Crippen molar-refractivity contribution < 1.29 is 19.1 Å². The van der Waals surface area contributed by atoms with Crippen molar-refractivity contribution >= 4 is 28.5 Å². The van der Waals surface area contributed by atoms with Crippen LogP contribution < -0.4 is 16.0 Å². The number of aromatic amines is 1. The van der Waals surface area contributed by atoms with Gasteiger partial charge >= 0.3 is 0 Å². The fourth-order valence-electron chi connectivity index (χ4n) is 3.69. The summed E-state index contributed by atoms with van der Waals surface area (Å²) in [6, 6.07) is 5.85. The number of Topliss-reactive ketones (excluding diaryl/α,β-unsaturated/α-hetero) is 1. The smallest absolute Gasteiger partial charge is 0.243 e. The first kappa shape index (κ1) is 23.9. The van der Waals surface area contributed by atoms with E-state index in [1.165, 1.54) is 0 Å². The lowest BCUT2D eigenvalue weighted by Gasteiger charge is -2.28. The summed E-state index contributed by atoms with van der Waals surface area (Å²) in [5.41, 5.74) is 1.04. The van der Waals surface area contributed by atoms with E-state index in [0.717, 1.165) is 22.9 Å². The molecule has 1 fully saturated rings. The number of amides is 2. The molecule has 32 heavy (non-hydrogen) atoms. The van der Waals surface area contributed by atoms with E-state index < -0.39 is 23.7 Å². The second-order valence-electron chi connectivity index (χ2n) is 8.89. The standard InChI is InChI=1S/C24H34N4O4/c1-6-14(2)20(21(29)24(4)13-32-24)28-23(31)19(27-22(30)15(3)25-5)11-16-12-26-18-10-8-7-9-17(16)18/h7-10,12,14-15,19-20,25-26H,6,11,13H2,1-5H3,(H,27,30)(H,28,31)/t14?,15?,19-,20-,24?/m0/s1. The molecule has 0 radical (unpaired) electrons. The number of ketones is 1. The highest BCUT2D eigenvalue weighted by Gasteiger charge is 2.51. The Morgan fingerprint density at radius 3 is 2.47 bits per heavy atom. The average Bonchev–Trinajstić information content (AvgIpc) is 3.43. The fraction of sp³-hybridized carbons (Fsp3) is 0.542. The first-order valence-corrected chi connectivity index (χ1v) is 11.2. The van der Waals surface area contributed by atoms with Gasteiger partial charge in [-0.15, -0.1) is 0 Å². The zero-order chi connectivity index (χ0) is 23.5. The van der Waals surface area contributed by atoms with Crippen molar-refractivity contribution in [1.82, 2.24) is 20.9 Å². The van der Waals surface area contributed by atoms with Crippen LogP contribution in [0, 0.1) is 5.92 Å². The van der Waals surface area contributed by atoms with E-state index >= 15 is 0 Å². The molecule has 2 aromatic rings. The van der Waals surface area contributed by atoms with Crippen LogP contribution in [0.1, 0.15) is 39.7 Å². The maximum absolute atomic E-state index is 13.4. The zero-order valence-corrected chi connectivity index (χ0v) is 19.5. The van der Waals surface area contributed by atoms with Gasteiger partial charge in [-0.3, -0.25) is 14.4 Å². The summed E-state index contributed by atoms with van der Waals surface area (Å²) in [5.74, 6) is -0.847. The van der Waals surface area contributed by atoms with E-state index in [2.05, 4.69) is 20.9 Å². The number of para-hydroxylation sites is 1. The Labute approximate surface area is 188 Å². The predicted octanol–water partition coefficient (Wildman–Crippen LogP) is 1.69. The molecule has 1 aromatic heterocycles. The van der Waals surface area contributed by atoms with Crippen LogP contribution in [0.3, 0.4) is 0 Å². The second-order valence-corrected chi connectivity index (χ2v) is 8.89. The highest BCUT2D eigenvalue weighted by Crippen LogP contribution is 2.30. The van der Waals surface area contributed by atoms with Gasteiger partial charge in [-0.25, -0.2) is 0 Å². The second kappa shape index (κ2) is 9.83. The molecule has 3 unspecified atom stereocenters. The van der Waals surface area contributed by atoms with Crippen molar-refractivity contribution in [1.29, 1.82) is 0 Å². The van der Waals surface area contributed by atoms with Crippen LogP contribution >= 0.6 is 0 Å². The Bertz CT molecular complexity index is 981. The number of epoxide rings is 1. The molecular formula is C24H34N4O4. The number of aromatic nitrogens is 1. The zero-order valence-electron chi connectivity index (χ0n) is 19.5. The molecule has 1 aliphatic heterocycles. The van der Waals surface area contributed by atoms with Gasteiger partial charge in [-0.05, 0) is 38.4 Å². The Kier molecular flexibility index (Phi) is 7.36. The molecule has 8 nitrogen and oxygen atoms in total. The van der Waals surface area contributed by atoms with Crippen molar-refractivity contribution in [3.05, 3.63) is 36.0 Å². The lowest BCUT2D eigenvalue weighted by Crippen LogP contribution is -2.57. The largest absolute Gasteiger partial charge is 0.361 e. The van der Waals surface area contributed by atoms with Crippen LogP contribution in [0.15, 0.2) is 30.5 Å². The molecule has 0 spiro atoms. The number of likely N-dealkylation sites (N-methyl/N-ethyl adjacent to an activating group) is 1. The Morgan fingerprint density at radius 2 is 1.84 bits per heavy atom. The Morgan fingerprint density at radius 1 is 1.16 bits per heavy atom. The number of carbonyl (C=O) groups excluding carboxylic acids is 3. The molecular weight excluding hydrogens is 408 g/mol. The van der Waals surface area contributed by atoms with Crippen LogP contribution in [-0.4, -0.2) is 60.0 Å². The Hall–Kier alpha value is -2.71. The normalized spacial score (nSPS) is 21.4. The van der Waals surface area contributed by atoms with Crippen LogP contribution in [-0.2, 0) is 25.5 Å². The molecule has 2 amide bonds. The molecule has 174 valence electrons. The summed E-state index contributed by atoms with van der Waals surface area (Å²) < 4.78 is 5.34. The van der Waals surface area contributed by atoms with E-state index in [9.17, 15) is 14.4 Å². The number of fused-ring (bicyclic) bond motifs is 1. The van der Waals surface area contributed by atoms with Crippen molar-refractivity contribution in [3.8, 4) is 0 Å². The van der Waals surface area contributed by atoms with E-state index in [1.54, 1.807) is 20.9 Å². The van der Waals surface area contributed by atoms with Crippen molar-refractivity contribution in [2.45, 2.75) is 64.3 Å². The number of benzene rings is 1. The summed E-state index contributed by atoms with van der Waals surface area (Å²) in [6.45, 7) is 7.76. The molecule has 3 rings (SSSR count). The maximum Gasteiger partial charge on any atom is 0.243 e. The fourth-order valence-corrected chi connectivity index (χ4v) is 3.69. The number of rotatable bonds is 11. The lowest BCUT2D eigenvalue weighted by atomic mass is 9.89. The van der Waals surface area contributed by atoms with Gasteiger partial charge in [0.2, 0.25) is 11.8 Å².